The Kier molecular flexibility index (Phi) is 5.01. The number of rotatable bonds is 5. The van der Waals surface area contributed by atoms with Gasteiger partial charge in [0.25, 0.3) is 0 Å². The SMILES string of the molecule is CCC12CC3CC(c4ccccc4)(CC(C1)C3C(=O)N[C@H]1CC[C@H](CN)CC1)C2. The first-order valence-corrected chi connectivity index (χ1v) is 12.1. The van der Waals surface area contributed by atoms with E-state index in [0.29, 0.717) is 40.5 Å². The molecule has 0 radical (unpaired) electrons. The molecule has 1 amide bonds. The molecular weight excluding hydrogens is 356 g/mol. The van der Waals surface area contributed by atoms with Gasteiger partial charge in [-0.1, -0.05) is 43.7 Å². The lowest BCUT2D eigenvalue weighted by atomic mass is 9.39. The van der Waals surface area contributed by atoms with Crippen LogP contribution >= 0.6 is 0 Å². The Bertz CT molecular complexity index is 720. The number of nitrogens with two attached hydrogens (primary N) is 1. The summed E-state index contributed by atoms with van der Waals surface area (Å²) < 4.78 is 0. The minimum absolute atomic E-state index is 0.249. The summed E-state index contributed by atoms with van der Waals surface area (Å²) in [4.78, 5) is 13.5. The second-order valence-electron chi connectivity index (χ2n) is 11.0. The van der Waals surface area contributed by atoms with Crippen molar-refractivity contribution in [1.29, 1.82) is 0 Å². The maximum absolute atomic E-state index is 13.5. The highest BCUT2D eigenvalue weighted by atomic mass is 16.2. The summed E-state index contributed by atoms with van der Waals surface area (Å²) >= 11 is 0. The molecule has 3 N–H and O–H groups in total. The summed E-state index contributed by atoms with van der Waals surface area (Å²) in [5.41, 5.74) is 8.17. The van der Waals surface area contributed by atoms with Gasteiger partial charge in [-0.2, -0.15) is 0 Å². The fourth-order valence-corrected chi connectivity index (χ4v) is 8.14. The van der Waals surface area contributed by atoms with Crippen LogP contribution in [0.4, 0.5) is 0 Å². The normalized spacial score (nSPS) is 43.3. The monoisotopic (exact) mass is 394 g/mol. The molecule has 5 saturated carbocycles. The molecule has 0 aliphatic heterocycles. The second kappa shape index (κ2) is 7.41. The number of carbonyl (C=O) groups excluding carboxylic acids is 1. The van der Waals surface area contributed by atoms with Crippen molar-refractivity contribution < 1.29 is 4.79 Å². The first kappa shape index (κ1) is 19.6. The largest absolute Gasteiger partial charge is 0.353 e. The number of amides is 1. The van der Waals surface area contributed by atoms with Crippen molar-refractivity contribution in [3.63, 3.8) is 0 Å². The van der Waals surface area contributed by atoms with E-state index in [2.05, 4.69) is 42.6 Å². The highest BCUT2D eigenvalue weighted by Gasteiger charge is 2.62. The molecule has 3 nitrogen and oxygen atoms in total. The number of benzene rings is 1. The fourth-order valence-electron chi connectivity index (χ4n) is 8.14. The molecule has 0 aromatic heterocycles. The molecule has 3 heteroatoms. The van der Waals surface area contributed by atoms with Crippen LogP contribution in [0.3, 0.4) is 0 Å². The van der Waals surface area contributed by atoms with E-state index in [1.54, 1.807) is 0 Å². The Morgan fingerprint density at radius 1 is 1.03 bits per heavy atom. The summed E-state index contributed by atoms with van der Waals surface area (Å²) in [6.07, 6.45) is 12.2. The summed E-state index contributed by atoms with van der Waals surface area (Å²) in [5.74, 6) is 2.43. The van der Waals surface area contributed by atoms with Crippen LogP contribution in [-0.4, -0.2) is 18.5 Å². The molecule has 5 fully saturated rings. The molecule has 5 aliphatic carbocycles. The number of hydrogen-bond donors (Lipinski definition) is 2. The van der Waals surface area contributed by atoms with Gasteiger partial charge in [-0.05, 0) is 98.5 Å². The Hall–Kier alpha value is -1.35. The third-order valence-corrected chi connectivity index (χ3v) is 9.39. The van der Waals surface area contributed by atoms with Crippen LogP contribution in [0.1, 0.15) is 76.7 Å². The van der Waals surface area contributed by atoms with Crippen LogP contribution in [0.25, 0.3) is 0 Å². The van der Waals surface area contributed by atoms with E-state index in [4.69, 9.17) is 5.73 Å². The van der Waals surface area contributed by atoms with Gasteiger partial charge in [0.2, 0.25) is 5.91 Å². The lowest BCUT2D eigenvalue weighted by Crippen LogP contribution is -2.61. The van der Waals surface area contributed by atoms with Gasteiger partial charge in [0, 0.05) is 12.0 Å². The summed E-state index contributed by atoms with van der Waals surface area (Å²) in [6.45, 7) is 3.19. The lowest BCUT2D eigenvalue weighted by Gasteiger charge is -2.65. The van der Waals surface area contributed by atoms with Crippen molar-refractivity contribution >= 4 is 5.91 Å². The predicted molar refractivity (Wildman–Crippen MR) is 117 cm³/mol. The van der Waals surface area contributed by atoms with Gasteiger partial charge < -0.3 is 11.1 Å². The van der Waals surface area contributed by atoms with Gasteiger partial charge in [0.15, 0.2) is 0 Å². The highest BCUT2D eigenvalue weighted by Crippen LogP contribution is 2.68. The van der Waals surface area contributed by atoms with E-state index in [1.165, 1.54) is 56.9 Å². The van der Waals surface area contributed by atoms with Crippen molar-refractivity contribution in [3.05, 3.63) is 35.9 Å². The topological polar surface area (TPSA) is 55.1 Å². The van der Waals surface area contributed by atoms with Crippen LogP contribution < -0.4 is 11.1 Å². The zero-order valence-corrected chi connectivity index (χ0v) is 18.0. The van der Waals surface area contributed by atoms with E-state index in [1.807, 2.05) is 0 Å². The molecule has 6 rings (SSSR count). The van der Waals surface area contributed by atoms with Crippen LogP contribution in [0.2, 0.25) is 0 Å². The molecule has 2 unspecified atom stereocenters. The van der Waals surface area contributed by atoms with Crippen LogP contribution in [0.5, 0.6) is 0 Å². The predicted octanol–water partition coefficient (Wildman–Crippen LogP) is 4.79. The minimum Gasteiger partial charge on any atom is -0.353 e. The zero-order chi connectivity index (χ0) is 20.1. The van der Waals surface area contributed by atoms with Crippen molar-refractivity contribution in [1.82, 2.24) is 5.32 Å². The summed E-state index contributed by atoms with van der Waals surface area (Å²) in [6, 6.07) is 11.6. The van der Waals surface area contributed by atoms with Crippen molar-refractivity contribution in [3.8, 4) is 0 Å². The highest BCUT2D eigenvalue weighted by molar-refractivity contribution is 5.80. The molecule has 2 atom stereocenters. The molecule has 1 aromatic carbocycles. The second-order valence-corrected chi connectivity index (χ2v) is 11.0. The number of carbonyl (C=O) groups is 1. The van der Waals surface area contributed by atoms with E-state index in [0.717, 1.165) is 19.4 Å². The summed E-state index contributed by atoms with van der Waals surface area (Å²) in [5, 5.41) is 3.49. The Morgan fingerprint density at radius 2 is 1.69 bits per heavy atom. The van der Waals surface area contributed by atoms with Crippen molar-refractivity contribution in [2.24, 2.45) is 34.8 Å². The van der Waals surface area contributed by atoms with Gasteiger partial charge in [-0.3, -0.25) is 4.79 Å². The fraction of sp³-hybridized carbons (Fsp3) is 0.731. The van der Waals surface area contributed by atoms with Crippen LogP contribution in [-0.2, 0) is 10.2 Å². The zero-order valence-electron chi connectivity index (χ0n) is 18.0. The first-order chi connectivity index (χ1) is 14.1. The quantitative estimate of drug-likeness (QED) is 0.754. The molecule has 0 spiro atoms. The standard InChI is InChI=1S/C26H38N2O/c1-2-25-12-19-14-26(17-25,21-6-4-3-5-7-21)15-20(13-25)23(19)24(29)28-22-10-8-18(16-27)9-11-22/h3-7,18-20,22-23H,2,8-17,27H2,1H3,(H,28,29)/t18-,19?,20?,22-,23?,25?,26?. The molecule has 0 saturated heterocycles. The molecular formula is C26H38N2O. The van der Waals surface area contributed by atoms with Crippen LogP contribution in [0.15, 0.2) is 30.3 Å². The Morgan fingerprint density at radius 3 is 2.28 bits per heavy atom. The maximum atomic E-state index is 13.5. The summed E-state index contributed by atoms with van der Waals surface area (Å²) in [7, 11) is 0. The first-order valence-electron chi connectivity index (χ1n) is 12.1. The molecule has 4 bridgehead atoms. The van der Waals surface area contributed by atoms with Gasteiger partial charge in [-0.25, -0.2) is 0 Å². The van der Waals surface area contributed by atoms with Crippen molar-refractivity contribution in [2.75, 3.05) is 6.54 Å². The number of nitrogens with one attached hydrogen (secondary N) is 1. The van der Waals surface area contributed by atoms with E-state index in [9.17, 15) is 4.79 Å². The van der Waals surface area contributed by atoms with Gasteiger partial charge in [-0.15, -0.1) is 0 Å². The molecule has 158 valence electrons. The minimum atomic E-state index is 0.249. The lowest BCUT2D eigenvalue weighted by molar-refractivity contribution is -0.151. The molecule has 29 heavy (non-hydrogen) atoms. The Labute approximate surface area is 176 Å². The van der Waals surface area contributed by atoms with Gasteiger partial charge in [0.05, 0.1) is 0 Å². The average molecular weight is 395 g/mol. The van der Waals surface area contributed by atoms with Crippen LogP contribution in [0, 0.1) is 29.1 Å². The van der Waals surface area contributed by atoms with Gasteiger partial charge in [0.1, 0.15) is 0 Å². The smallest absolute Gasteiger partial charge is 0.223 e. The Balaban J connectivity index is 1.34. The molecule has 0 heterocycles. The van der Waals surface area contributed by atoms with E-state index in [-0.39, 0.29) is 5.92 Å². The number of hydrogen-bond acceptors (Lipinski definition) is 2. The third kappa shape index (κ3) is 3.34. The van der Waals surface area contributed by atoms with E-state index >= 15 is 0 Å². The third-order valence-electron chi connectivity index (χ3n) is 9.39. The van der Waals surface area contributed by atoms with Crippen molar-refractivity contribution in [2.45, 2.75) is 82.6 Å². The molecule has 5 aliphatic rings. The maximum Gasteiger partial charge on any atom is 0.223 e. The van der Waals surface area contributed by atoms with E-state index < -0.39 is 0 Å². The van der Waals surface area contributed by atoms with Gasteiger partial charge >= 0.3 is 0 Å². The molecule has 1 aromatic rings. The average Bonchev–Trinajstić information content (AvgIpc) is 2.74.